The third-order valence-corrected chi connectivity index (χ3v) is 5.35. The number of carbonyl (C=O) groups excluding carboxylic acids is 1. The summed E-state index contributed by atoms with van der Waals surface area (Å²) in [4.78, 5) is 31.9. The van der Waals surface area contributed by atoms with E-state index in [-0.39, 0.29) is 18.1 Å². The molecule has 1 saturated heterocycles. The first-order chi connectivity index (χ1) is 14.0. The fourth-order valence-corrected chi connectivity index (χ4v) is 3.85. The quantitative estimate of drug-likeness (QED) is 0.718. The fraction of sp³-hybridized carbons (Fsp3) is 0.429. The summed E-state index contributed by atoms with van der Waals surface area (Å²) in [5.41, 5.74) is 2.01. The molecule has 0 radical (unpaired) electrons. The van der Waals surface area contributed by atoms with Gasteiger partial charge in [0.25, 0.3) is 0 Å². The largest absolute Gasteiger partial charge is 0.353 e. The lowest BCUT2D eigenvalue weighted by atomic mass is 10.0. The number of hydrogen-bond donors (Lipinski definition) is 1. The lowest BCUT2D eigenvalue weighted by molar-refractivity contribution is -0.117. The smallest absolute Gasteiger partial charge is 0.350 e. The lowest BCUT2D eigenvalue weighted by Gasteiger charge is -2.31. The minimum atomic E-state index is -0.342. The van der Waals surface area contributed by atoms with Gasteiger partial charge in [-0.25, -0.2) is 18.9 Å². The van der Waals surface area contributed by atoms with Gasteiger partial charge in [0.15, 0.2) is 5.82 Å². The van der Waals surface area contributed by atoms with Gasteiger partial charge in [0.2, 0.25) is 11.6 Å². The van der Waals surface area contributed by atoms with Gasteiger partial charge in [-0.05, 0) is 42.9 Å². The Morgan fingerprint density at radius 3 is 3.00 bits per heavy atom. The van der Waals surface area contributed by atoms with Crippen LogP contribution in [0.2, 0.25) is 0 Å². The van der Waals surface area contributed by atoms with Crippen LogP contribution in [0.25, 0.3) is 5.65 Å². The molecule has 152 valence electrons. The molecule has 1 amide bonds. The highest BCUT2D eigenvalue weighted by Gasteiger charge is 2.22. The minimum Gasteiger partial charge on any atom is -0.353 e. The lowest BCUT2D eigenvalue weighted by Crippen LogP contribution is -2.35. The molecule has 29 heavy (non-hydrogen) atoms. The third kappa shape index (κ3) is 4.01. The molecule has 2 aromatic heterocycles. The summed E-state index contributed by atoms with van der Waals surface area (Å²) in [6, 6.07) is 7.69. The zero-order valence-corrected chi connectivity index (χ0v) is 16.8. The standard InChI is InChI=1S/C21H26N6O2/c1-3-16-7-4-8-17(12-16)23-18(28)14-27-21(29)26-11-9-22-19(20(26)24-27)25-10-5-6-15(2)13-25/h4,7-9,11-12,15H,3,5-6,10,13-14H2,1-2H3,(H,23,28). The number of nitrogens with zero attached hydrogens (tertiary/aromatic N) is 5. The fourth-order valence-electron chi connectivity index (χ4n) is 3.85. The molecular weight excluding hydrogens is 368 g/mol. The minimum absolute atomic E-state index is 0.146. The van der Waals surface area contributed by atoms with Crippen LogP contribution >= 0.6 is 0 Å². The number of hydrogen-bond acceptors (Lipinski definition) is 5. The summed E-state index contributed by atoms with van der Waals surface area (Å²) in [7, 11) is 0. The molecule has 8 nitrogen and oxygen atoms in total. The summed E-state index contributed by atoms with van der Waals surface area (Å²) >= 11 is 0. The molecule has 1 aliphatic rings. The number of piperidine rings is 1. The van der Waals surface area contributed by atoms with Crippen molar-refractivity contribution in [2.24, 2.45) is 5.92 Å². The molecule has 0 spiro atoms. The number of anilines is 2. The van der Waals surface area contributed by atoms with Gasteiger partial charge in [-0.2, -0.15) is 0 Å². The molecule has 1 unspecified atom stereocenters. The molecular formula is C21H26N6O2. The molecule has 3 heterocycles. The molecule has 1 aliphatic heterocycles. The Kier molecular flexibility index (Phi) is 5.33. The SMILES string of the molecule is CCc1cccc(NC(=O)Cn2nc3c(N4CCCC(C)C4)nccn3c2=O)c1. The number of aromatic nitrogens is 4. The average Bonchev–Trinajstić information content (AvgIpc) is 3.03. The van der Waals surface area contributed by atoms with Gasteiger partial charge in [-0.1, -0.05) is 26.0 Å². The predicted molar refractivity (Wildman–Crippen MR) is 112 cm³/mol. The number of nitrogens with one attached hydrogen (secondary N) is 1. The Hall–Kier alpha value is -3.16. The molecule has 1 atom stereocenters. The first kappa shape index (κ1) is 19.2. The number of carbonyl (C=O) groups is 1. The summed E-state index contributed by atoms with van der Waals surface area (Å²) in [5.74, 6) is 0.986. The summed E-state index contributed by atoms with van der Waals surface area (Å²) in [5, 5.41) is 7.28. The van der Waals surface area contributed by atoms with Crippen molar-refractivity contribution in [2.45, 2.75) is 39.7 Å². The zero-order valence-electron chi connectivity index (χ0n) is 16.8. The van der Waals surface area contributed by atoms with Crippen LogP contribution in [0.3, 0.4) is 0 Å². The molecule has 1 N–H and O–H groups in total. The van der Waals surface area contributed by atoms with E-state index in [9.17, 15) is 9.59 Å². The van der Waals surface area contributed by atoms with Crippen molar-refractivity contribution in [3.05, 3.63) is 52.7 Å². The maximum absolute atomic E-state index is 12.8. The van der Waals surface area contributed by atoms with Crippen molar-refractivity contribution < 1.29 is 4.79 Å². The van der Waals surface area contributed by atoms with E-state index in [0.717, 1.165) is 37.2 Å². The van der Waals surface area contributed by atoms with Gasteiger partial charge in [-0.3, -0.25) is 4.79 Å². The van der Waals surface area contributed by atoms with Gasteiger partial charge in [-0.15, -0.1) is 5.10 Å². The maximum atomic E-state index is 12.8. The number of amides is 1. The first-order valence-electron chi connectivity index (χ1n) is 10.1. The van der Waals surface area contributed by atoms with Gasteiger partial charge in [0.1, 0.15) is 6.54 Å². The van der Waals surface area contributed by atoms with Crippen molar-refractivity contribution >= 4 is 23.1 Å². The number of fused-ring (bicyclic) bond motifs is 1. The second kappa shape index (κ2) is 8.06. The highest BCUT2D eigenvalue weighted by molar-refractivity contribution is 5.90. The Morgan fingerprint density at radius 1 is 1.34 bits per heavy atom. The molecule has 3 aromatic rings. The highest BCUT2D eigenvalue weighted by Crippen LogP contribution is 2.23. The average molecular weight is 394 g/mol. The van der Waals surface area contributed by atoms with E-state index in [1.165, 1.54) is 15.5 Å². The molecule has 1 fully saturated rings. The Bertz CT molecular complexity index is 1090. The second-order valence-corrected chi connectivity index (χ2v) is 7.68. The van der Waals surface area contributed by atoms with Crippen LogP contribution in [0.5, 0.6) is 0 Å². The second-order valence-electron chi connectivity index (χ2n) is 7.68. The third-order valence-electron chi connectivity index (χ3n) is 5.35. The van der Waals surface area contributed by atoms with Gasteiger partial charge in [0.05, 0.1) is 0 Å². The van der Waals surface area contributed by atoms with Crippen molar-refractivity contribution in [2.75, 3.05) is 23.3 Å². The van der Waals surface area contributed by atoms with Crippen LogP contribution in [-0.2, 0) is 17.8 Å². The Balaban J connectivity index is 1.58. The predicted octanol–water partition coefficient (Wildman–Crippen LogP) is 2.33. The van der Waals surface area contributed by atoms with E-state index in [2.05, 4.69) is 34.1 Å². The normalized spacial score (nSPS) is 16.9. The molecule has 0 saturated carbocycles. The molecule has 0 bridgehead atoms. The zero-order chi connectivity index (χ0) is 20.4. The van der Waals surface area contributed by atoms with Crippen molar-refractivity contribution in [3.63, 3.8) is 0 Å². The van der Waals surface area contributed by atoms with Crippen LogP contribution in [0.1, 0.15) is 32.3 Å². The van der Waals surface area contributed by atoms with E-state index in [1.807, 2.05) is 24.3 Å². The van der Waals surface area contributed by atoms with Crippen LogP contribution < -0.4 is 15.9 Å². The van der Waals surface area contributed by atoms with Gasteiger partial charge >= 0.3 is 5.69 Å². The number of aryl methyl sites for hydroxylation is 1. The summed E-state index contributed by atoms with van der Waals surface area (Å²) in [6.45, 7) is 5.92. The monoisotopic (exact) mass is 394 g/mol. The first-order valence-corrected chi connectivity index (χ1v) is 10.1. The summed E-state index contributed by atoms with van der Waals surface area (Å²) < 4.78 is 2.67. The van der Waals surface area contributed by atoms with Gasteiger partial charge in [0, 0.05) is 31.2 Å². The van der Waals surface area contributed by atoms with Crippen molar-refractivity contribution in [3.8, 4) is 0 Å². The van der Waals surface area contributed by atoms with Crippen LogP contribution in [0.15, 0.2) is 41.5 Å². The van der Waals surface area contributed by atoms with E-state index in [1.54, 1.807) is 12.4 Å². The van der Waals surface area contributed by atoms with Crippen LogP contribution in [0, 0.1) is 5.92 Å². The van der Waals surface area contributed by atoms with E-state index >= 15 is 0 Å². The Labute approximate surface area is 169 Å². The topological polar surface area (TPSA) is 84.5 Å². The van der Waals surface area contributed by atoms with E-state index in [4.69, 9.17) is 0 Å². The van der Waals surface area contributed by atoms with Gasteiger partial charge < -0.3 is 10.2 Å². The highest BCUT2D eigenvalue weighted by atomic mass is 16.2. The van der Waals surface area contributed by atoms with Crippen molar-refractivity contribution in [1.82, 2.24) is 19.2 Å². The van der Waals surface area contributed by atoms with E-state index < -0.39 is 0 Å². The van der Waals surface area contributed by atoms with E-state index in [0.29, 0.717) is 17.4 Å². The molecule has 8 heteroatoms. The van der Waals surface area contributed by atoms with Crippen molar-refractivity contribution in [1.29, 1.82) is 0 Å². The Morgan fingerprint density at radius 2 is 2.21 bits per heavy atom. The maximum Gasteiger partial charge on any atom is 0.350 e. The number of benzene rings is 1. The molecule has 4 rings (SSSR count). The summed E-state index contributed by atoms with van der Waals surface area (Å²) in [6.07, 6.45) is 6.39. The number of rotatable bonds is 5. The molecule has 1 aromatic carbocycles. The van der Waals surface area contributed by atoms with Crippen LogP contribution in [-0.4, -0.2) is 38.2 Å². The van der Waals surface area contributed by atoms with Crippen LogP contribution in [0.4, 0.5) is 11.5 Å². The molecule has 0 aliphatic carbocycles.